The summed E-state index contributed by atoms with van der Waals surface area (Å²) in [6.45, 7) is -0.148. The van der Waals surface area contributed by atoms with Crippen LogP contribution in [0.3, 0.4) is 0 Å². The van der Waals surface area contributed by atoms with Crippen molar-refractivity contribution in [3.8, 4) is 0 Å². The number of hydrogen-bond donors (Lipinski definition) is 1. The molecule has 0 aliphatic carbocycles. The van der Waals surface area contributed by atoms with Gasteiger partial charge in [-0.25, -0.2) is 9.18 Å². The summed E-state index contributed by atoms with van der Waals surface area (Å²) in [4.78, 5) is 24.4. The second-order valence-electron chi connectivity index (χ2n) is 5.34. The smallest absolute Gasteiger partial charge is 0.343 e. The van der Waals surface area contributed by atoms with Crippen molar-refractivity contribution < 1.29 is 19.1 Å². The van der Waals surface area contributed by atoms with Crippen LogP contribution in [0.4, 0.5) is 4.39 Å². The first-order valence-electron chi connectivity index (χ1n) is 6.73. The Labute approximate surface area is 120 Å². The highest BCUT2D eigenvalue weighted by atomic mass is 19.1. The second-order valence-corrected chi connectivity index (χ2v) is 5.34. The van der Waals surface area contributed by atoms with Gasteiger partial charge in [-0.1, -0.05) is 18.2 Å². The zero-order valence-electron chi connectivity index (χ0n) is 11.3. The van der Waals surface area contributed by atoms with Gasteiger partial charge in [-0.2, -0.15) is 0 Å². The summed E-state index contributed by atoms with van der Waals surface area (Å²) in [5, 5.41) is 9.88. The molecule has 6 heteroatoms. The number of benzene rings is 1. The van der Waals surface area contributed by atoms with E-state index < -0.39 is 11.6 Å². The first-order chi connectivity index (χ1) is 9.99. The molecule has 1 atom stereocenters. The number of carboxylic acids is 1. The van der Waals surface area contributed by atoms with Crippen molar-refractivity contribution in [1.82, 2.24) is 9.47 Å². The molecule has 0 spiro atoms. The predicted octanol–water partition coefficient (Wildman–Crippen LogP) is 1.67. The summed E-state index contributed by atoms with van der Waals surface area (Å²) in [5.41, 5.74) is -1.39. The molecule has 1 aromatic carbocycles. The Balaban J connectivity index is 1.74. The van der Waals surface area contributed by atoms with Crippen LogP contribution >= 0.6 is 0 Å². The zero-order valence-corrected chi connectivity index (χ0v) is 11.3. The van der Waals surface area contributed by atoms with Crippen molar-refractivity contribution in [3.63, 3.8) is 0 Å². The third kappa shape index (κ3) is 2.37. The van der Waals surface area contributed by atoms with Crippen molar-refractivity contribution in [2.45, 2.75) is 18.6 Å². The number of fused-ring (bicyclic) bond motifs is 1. The Morgan fingerprint density at radius 1 is 1.29 bits per heavy atom. The Hall–Kier alpha value is -2.37. The van der Waals surface area contributed by atoms with E-state index in [9.17, 15) is 14.0 Å². The molecule has 1 aromatic heterocycles. The Bertz CT molecular complexity index is 712. The summed E-state index contributed by atoms with van der Waals surface area (Å²) < 4.78 is 15.8. The Morgan fingerprint density at radius 2 is 2.05 bits per heavy atom. The van der Waals surface area contributed by atoms with Gasteiger partial charge in [-0.3, -0.25) is 4.79 Å². The summed E-state index contributed by atoms with van der Waals surface area (Å²) >= 11 is 0. The molecule has 1 aliphatic heterocycles. The lowest BCUT2D eigenvalue weighted by Gasteiger charge is -2.18. The number of carbonyl (C=O) groups is 2. The highest BCUT2D eigenvalue weighted by Gasteiger charge is 2.46. The fourth-order valence-electron chi connectivity index (χ4n) is 2.68. The molecule has 110 valence electrons. The van der Waals surface area contributed by atoms with E-state index in [0.717, 1.165) is 10.9 Å². The highest BCUT2D eigenvalue weighted by Crippen LogP contribution is 2.26. The maximum atomic E-state index is 14.0. The van der Waals surface area contributed by atoms with Gasteiger partial charge in [0.05, 0.1) is 6.54 Å². The number of rotatable bonds is 3. The minimum absolute atomic E-state index is 0.0865. The average molecular weight is 290 g/mol. The summed E-state index contributed by atoms with van der Waals surface area (Å²) in [6.07, 6.45) is 1.65. The number of halogens is 1. The van der Waals surface area contributed by atoms with Gasteiger partial charge in [0.1, 0.15) is 6.54 Å². The van der Waals surface area contributed by atoms with Crippen LogP contribution in [0, 0.1) is 0 Å². The van der Waals surface area contributed by atoms with Crippen LogP contribution in [0.15, 0.2) is 36.5 Å². The van der Waals surface area contributed by atoms with E-state index in [1.54, 1.807) is 10.8 Å². The highest BCUT2D eigenvalue weighted by molar-refractivity contribution is 5.85. The first kappa shape index (κ1) is 13.6. The van der Waals surface area contributed by atoms with Crippen molar-refractivity contribution >= 4 is 22.8 Å². The molecular weight excluding hydrogens is 275 g/mol. The zero-order chi connectivity index (χ0) is 15.0. The van der Waals surface area contributed by atoms with Crippen molar-refractivity contribution in [3.05, 3.63) is 36.5 Å². The monoisotopic (exact) mass is 290 g/mol. The van der Waals surface area contributed by atoms with Crippen molar-refractivity contribution in [2.75, 3.05) is 13.1 Å². The molecule has 3 rings (SSSR count). The first-order valence-corrected chi connectivity index (χ1v) is 6.73. The van der Waals surface area contributed by atoms with Crippen LogP contribution < -0.4 is 0 Å². The molecule has 1 amide bonds. The summed E-state index contributed by atoms with van der Waals surface area (Å²) in [7, 11) is 0. The van der Waals surface area contributed by atoms with Crippen molar-refractivity contribution in [1.29, 1.82) is 0 Å². The summed E-state index contributed by atoms with van der Waals surface area (Å²) in [5.74, 6) is -1.76. The van der Waals surface area contributed by atoms with Crippen LogP contribution in [-0.2, 0) is 16.1 Å². The predicted molar refractivity (Wildman–Crippen MR) is 74.6 cm³/mol. The van der Waals surface area contributed by atoms with Gasteiger partial charge in [0.15, 0.2) is 0 Å². The van der Waals surface area contributed by atoms with Crippen LogP contribution in [0.1, 0.15) is 6.42 Å². The van der Waals surface area contributed by atoms with E-state index in [0.29, 0.717) is 0 Å². The number of para-hydroxylation sites is 1. The average Bonchev–Trinajstić information content (AvgIpc) is 3.05. The molecule has 1 fully saturated rings. The molecular formula is C15H15FN2O3. The molecule has 5 nitrogen and oxygen atoms in total. The third-order valence-corrected chi connectivity index (χ3v) is 3.94. The number of carbonyl (C=O) groups excluding carboxylic acids is 1. The lowest BCUT2D eigenvalue weighted by atomic mass is 10.1. The number of amides is 1. The van der Waals surface area contributed by atoms with E-state index in [4.69, 9.17) is 5.11 Å². The minimum Gasteiger partial charge on any atom is -0.479 e. The fraction of sp³-hybridized carbons (Fsp3) is 0.333. The van der Waals surface area contributed by atoms with Gasteiger partial charge in [0.25, 0.3) is 0 Å². The minimum atomic E-state index is -2.31. The van der Waals surface area contributed by atoms with E-state index in [1.165, 1.54) is 4.90 Å². The second kappa shape index (κ2) is 4.87. The SMILES string of the molecule is O=C(Cn1ccc2ccccc21)N1CCC(F)(C(=O)O)C1. The molecule has 1 unspecified atom stereocenters. The van der Waals surface area contributed by atoms with Gasteiger partial charge < -0.3 is 14.6 Å². The largest absolute Gasteiger partial charge is 0.479 e. The molecule has 2 heterocycles. The molecule has 0 radical (unpaired) electrons. The van der Waals surface area contributed by atoms with Gasteiger partial charge >= 0.3 is 5.97 Å². The number of alkyl halides is 1. The molecule has 21 heavy (non-hydrogen) atoms. The van der Waals surface area contributed by atoms with Gasteiger partial charge in [-0.15, -0.1) is 0 Å². The maximum absolute atomic E-state index is 14.0. The number of nitrogens with zero attached hydrogens (tertiary/aromatic N) is 2. The summed E-state index contributed by atoms with van der Waals surface area (Å²) in [6, 6.07) is 9.56. The fourth-order valence-corrected chi connectivity index (χ4v) is 2.68. The van der Waals surface area contributed by atoms with Crippen LogP contribution in [0.5, 0.6) is 0 Å². The maximum Gasteiger partial charge on any atom is 0.343 e. The topological polar surface area (TPSA) is 62.5 Å². The number of aliphatic carboxylic acids is 1. The molecule has 2 aromatic rings. The number of likely N-dealkylation sites (tertiary alicyclic amines) is 1. The molecule has 0 saturated carbocycles. The van der Waals surface area contributed by atoms with E-state index in [1.807, 2.05) is 30.3 Å². The number of aromatic nitrogens is 1. The number of hydrogen-bond acceptors (Lipinski definition) is 2. The number of carboxylic acid groups (broad SMARTS) is 1. The van der Waals surface area contributed by atoms with Gasteiger partial charge in [0, 0.05) is 24.7 Å². The Kier molecular flexibility index (Phi) is 3.16. The molecule has 0 bridgehead atoms. The van der Waals surface area contributed by atoms with Crippen LogP contribution in [0.2, 0.25) is 0 Å². The van der Waals surface area contributed by atoms with E-state index in [-0.39, 0.29) is 32.0 Å². The van der Waals surface area contributed by atoms with Gasteiger partial charge in [-0.05, 0) is 17.5 Å². The third-order valence-electron chi connectivity index (χ3n) is 3.94. The van der Waals surface area contributed by atoms with Crippen LogP contribution in [0.25, 0.3) is 10.9 Å². The van der Waals surface area contributed by atoms with Crippen LogP contribution in [-0.4, -0.2) is 45.2 Å². The standard InChI is InChI=1S/C15H15FN2O3/c16-15(14(20)21)6-8-18(10-15)13(19)9-17-7-5-11-3-1-2-4-12(11)17/h1-5,7H,6,8-10H2,(H,20,21). The molecule has 1 saturated heterocycles. The van der Waals surface area contributed by atoms with E-state index in [2.05, 4.69) is 0 Å². The lowest BCUT2D eigenvalue weighted by molar-refractivity contribution is -0.150. The normalized spacial score (nSPS) is 21.9. The lowest BCUT2D eigenvalue weighted by Crippen LogP contribution is -2.39. The van der Waals surface area contributed by atoms with Crippen molar-refractivity contribution in [2.24, 2.45) is 0 Å². The molecule has 1 N–H and O–H groups in total. The molecule has 1 aliphatic rings. The van der Waals surface area contributed by atoms with E-state index >= 15 is 0 Å². The quantitative estimate of drug-likeness (QED) is 0.935. The Morgan fingerprint density at radius 3 is 2.76 bits per heavy atom. The van der Waals surface area contributed by atoms with Gasteiger partial charge in [0.2, 0.25) is 11.6 Å².